The first-order valence-electron chi connectivity index (χ1n) is 17.5. The summed E-state index contributed by atoms with van der Waals surface area (Å²) in [7, 11) is 1.64. The fourth-order valence-electron chi connectivity index (χ4n) is 7.02. The third-order valence-corrected chi connectivity index (χ3v) is 9.81. The van der Waals surface area contributed by atoms with Gasteiger partial charge in [0.25, 0.3) is 5.56 Å². The van der Waals surface area contributed by atoms with Crippen LogP contribution in [0.5, 0.6) is 5.75 Å². The number of aromatic nitrogens is 7. The number of methoxy groups -OCH3 is 1. The van der Waals surface area contributed by atoms with Gasteiger partial charge in [-0.1, -0.05) is 11.6 Å². The summed E-state index contributed by atoms with van der Waals surface area (Å²) in [6.45, 7) is 8.66. The Balaban J connectivity index is 1.06. The molecule has 262 valence electrons. The summed E-state index contributed by atoms with van der Waals surface area (Å²) < 4.78 is 22.3. The van der Waals surface area contributed by atoms with Crippen LogP contribution in [0.25, 0.3) is 22.2 Å². The lowest BCUT2D eigenvalue weighted by molar-refractivity contribution is -0.0366. The molecule has 7 rings (SSSR count). The maximum absolute atomic E-state index is 13.3. The van der Waals surface area contributed by atoms with E-state index in [1.54, 1.807) is 30.3 Å². The van der Waals surface area contributed by atoms with E-state index in [1.165, 1.54) is 11.1 Å². The van der Waals surface area contributed by atoms with Crippen molar-refractivity contribution in [2.45, 2.75) is 96.7 Å². The van der Waals surface area contributed by atoms with Crippen molar-refractivity contribution >= 4 is 22.7 Å². The van der Waals surface area contributed by atoms with Gasteiger partial charge in [0.2, 0.25) is 0 Å². The van der Waals surface area contributed by atoms with E-state index in [0.717, 1.165) is 80.3 Å². The standard InChI is InChI=1S/C35H47N9O5/c1-35(2,3)49-34(46)42(20-24-9-7-10-24)25-11-8-13-40(21-25)26-15-32(45)43(36-18-26)23-41-22-30(38-39-41)28-16-27(47-4)17-31-29(28)19-37-44(31)33-12-5-6-14-48-33/h15-19,22,24-25,33H,5-14,20-21,23H2,1-4H3. The zero-order chi connectivity index (χ0) is 34.1. The van der Waals surface area contributed by atoms with Crippen molar-refractivity contribution in [2.24, 2.45) is 5.92 Å². The molecule has 3 aliphatic rings. The fourth-order valence-corrected chi connectivity index (χ4v) is 7.02. The van der Waals surface area contributed by atoms with E-state index in [0.29, 0.717) is 30.5 Å². The molecule has 1 aromatic carbocycles. The number of rotatable bonds is 9. The summed E-state index contributed by atoms with van der Waals surface area (Å²) in [5.74, 6) is 1.20. The molecule has 49 heavy (non-hydrogen) atoms. The highest BCUT2D eigenvalue weighted by Gasteiger charge is 2.35. The number of hydrogen-bond donors (Lipinski definition) is 0. The van der Waals surface area contributed by atoms with Gasteiger partial charge in [0, 0.05) is 49.3 Å². The Labute approximate surface area is 285 Å². The van der Waals surface area contributed by atoms with Crippen molar-refractivity contribution in [3.05, 3.63) is 47.1 Å². The van der Waals surface area contributed by atoms with Crippen LogP contribution in [0, 0.1) is 5.92 Å². The third-order valence-electron chi connectivity index (χ3n) is 9.81. The third kappa shape index (κ3) is 7.29. The molecule has 0 N–H and O–H groups in total. The Hall–Kier alpha value is -4.46. The molecule has 3 aromatic heterocycles. The predicted octanol–water partition coefficient (Wildman–Crippen LogP) is 5.07. The lowest BCUT2D eigenvalue weighted by atomic mass is 9.84. The molecule has 2 unspecified atom stereocenters. The largest absolute Gasteiger partial charge is 0.497 e. The van der Waals surface area contributed by atoms with Crippen LogP contribution in [0.2, 0.25) is 0 Å². The second-order valence-electron chi connectivity index (χ2n) is 14.5. The Morgan fingerprint density at radius 1 is 1.04 bits per heavy atom. The molecule has 0 bridgehead atoms. The summed E-state index contributed by atoms with van der Waals surface area (Å²) in [5.41, 5.74) is 2.31. The first-order valence-corrected chi connectivity index (χ1v) is 17.5. The summed E-state index contributed by atoms with van der Waals surface area (Å²) in [6, 6.07) is 5.51. The maximum atomic E-state index is 13.3. The molecule has 2 aliphatic heterocycles. The van der Waals surface area contributed by atoms with Crippen molar-refractivity contribution in [1.29, 1.82) is 0 Å². The Kier molecular flexibility index (Phi) is 9.32. The minimum Gasteiger partial charge on any atom is -0.497 e. The van der Waals surface area contributed by atoms with Crippen molar-refractivity contribution in [1.82, 2.24) is 39.5 Å². The van der Waals surface area contributed by atoms with Crippen LogP contribution in [0.1, 0.15) is 78.4 Å². The van der Waals surface area contributed by atoms with Gasteiger partial charge in [0.05, 0.1) is 42.9 Å². The molecule has 5 heterocycles. The monoisotopic (exact) mass is 673 g/mol. The lowest BCUT2D eigenvalue weighted by Gasteiger charge is -2.42. The van der Waals surface area contributed by atoms with E-state index in [2.05, 4.69) is 25.4 Å². The fraction of sp³-hybridized carbons (Fsp3) is 0.600. The maximum Gasteiger partial charge on any atom is 0.410 e. The van der Waals surface area contributed by atoms with Crippen LogP contribution in [-0.2, 0) is 16.1 Å². The Bertz CT molecular complexity index is 1830. The molecule has 14 nitrogen and oxygen atoms in total. The topological polar surface area (TPSA) is 135 Å². The highest BCUT2D eigenvalue weighted by atomic mass is 16.6. The van der Waals surface area contributed by atoms with Gasteiger partial charge >= 0.3 is 6.09 Å². The zero-order valence-electron chi connectivity index (χ0n) is 29.0. The van der Waals surface area contributed by atoms with Crippen LogP contribution in [0.15, 0.2) is 41.6 Å². The number of anilines is 1. The summed E-state index contributed by atoms with van der Waals surface area (Å²) in [6.07, 6.45) is 13.4. The van der Waals surface area contributed by atoms with Gasteiger partial charge < -0.3 is 24.0 Å². The number of amides is 1. The quantitative estimate of drug-likeness (QED) is 0.237. The first kappa shape index (κ1) is 33.1. The number of carbonyl (C=O) groups excluding carboxylic acids is 1. The summed E-state index contributed by atoms with van der Waals surface area (Å²) in [5, 5.41) is 18.8. The Morgan fingerprint density at radius 3 is 2.61 bits per heavy atom. The molecule has 1 amide bonds. The smallest absolute Gasteiger partial charge is 0.410 e. The highest BCUT2D eigenvalue weighted by molar-refractivity contribution is 5.95. The lowest BCUT2D eigenvalue weighted by Crippen LogP contribution is -2.53. The average Bonchev–Trinajstić information content (AvgIpc) is 3.72. The SMILES string of the molecule is COc1cc(-c2cn(Cn3ncc(N4CCCC(N(CC5CCC5)C(=O)OC(C)(C)C)C4)cc3=O)nn2)c2cnn(C3CCCCO3)c2c1. The predicted molar refractivity (Wildman–Crippen MR) is 184 cm³/mol. The van der Waals surface area contributed by atoms with Gasteiger partial charge in [0.15, 0.2) is 6.23 Å². The van der Waals surface area contributed by atoms with Crippen molar-refractivity contribution < 1.29 is 19.0 Å². The first-order chi connectivity index (χ1) is 23.6. The van der Waals surface area contributed by atoms with Crippen molar-refractivity contribution in [3.63, 3.8) is 0 Å². The molecule has 0 spiro atoms. The molecule has 0 radical (unpaired) electrons. The number of fused-ring (bicyclic) bond motifs is 1. The number of carbonyl (C=O) groups is 1. The Morgan fingerprint density at radius 2 is 1.90 bits per heavy atom. The van der Waals surface area contributed by atoms with Gasteiger partial charge in [-0.05, 0) is 77.7 Å². The highest BCUT2D eigenvalue weighted by Crippen LogP contribution is 2.35. The normalized spacial score (nSPS) is 20.3. The van der Waals surface area contributed by atoms with E-state index >= 15 is 0 Å². The number of hydrogen-bond acceptors (Lipinski definition) is 10. The number of piperidine rings is 1. The minimum absolute atomic E-state index is 0.00516. The molecule has 2 saturated heterocycles. The van der Waals surface area contributed by atoms with E-state index in [9.17, 15) is 9.59 Å². The van der Waals surface area contributed by atoms with E-state index < -0.39 is 5.60 Å². The summed E-state index contributed by atoms with van der Waals surface area (Å²) in [4.78, 5) is 30.7. The molecule has 2 atom stereocenters. The van der Waals surface area contributed by atoms with Gasteiger partial charge in [-0.3, -0.25) is 4.79 Å². The van der Waals surface area contributed by atoms with Crippen molar-refractivity contribution in [2.75, 3.05) is 38.3 Å². The molecule has 1 aliphatic carbocycles. The van der Waals surface area contributed by atoms with Crippen LogP contribution in [0.4, 0.5) is 10.5 Å². The number of ether oxygens (including phenoxy) is 3. The number of nitrogens with zero attached hydrogens (tertiary/aromatic N) is 9. The summed E-state index contributed by atoms with van der Waals surface area (Å²) >= 11 is 0. The molecule has 3 fully saturated rings. The second kappa shape index (κ2) is 13.8. The minimum atomic E-state index is -0.560. The van der Waals surface area contributed by atoms with Gasteiger partial charge in [-0.15, -0.1) is 5.10 Å². The number of benzene rings is 1. The van der Waals surface area contributed by atoms with Gasteiger partial charge in [-0.25, -0.2) is 18.8 Å². The van der Waals surface area contributed by atoms with E-state index in [4.69, 9.17) is 14.2 Å². The molecule has 4 aromatic rings. The van der Waals surface area contributed by atoms with E-state index in [-0.39, 0.29) is 30.6 Å². The molecular formula is C35H47N9O5. The van der Waals surface area contributed by atoms with Gasteiger partial charge in [0.1, 0.15) is 23.7 Å². The van der Waals surface area contributed by atoms with Crippen LogP contribution < -0.4 is 15.2 Å². The van der Waals surface area contributed by atoms with Gasteiger partial charge in [-0.2, -0.15) is 10.2 Å². The molecule has 1 saturated carbocycles. The average molecular weight is 674 g/mol. The van der Waals surface area contributed by atoms with Crippen LogP contribution >= 0.6 is 0 Å². The zero-order valence-corrected chi connectivity index (χ0v) is 29.0. The van der Waals surface area contributed by atoms with E-state index in [1.807, 2.05) is 48.7 Å². The molecule has 14 heteroatoms. The van der Waals surface area contributed by atoms with Crippen LogP contribution in [0.3, 0.4) is 0 Å². The molecular weight excluding hydrogens is 626 g/mol. The van der Waals surface area contributed by atoms with Crippen LogP contribution in [-0.4, -0.2) is 90.5 Å². The second-order valence-corrected chi connectivity index (χ2v) is 14.5. The van der Waals surface area contributed by atoms with Crippen molar-refractivity contribution in [3.8, 4) is 17.0 Å².